The van der Waals surface area contributed by atoms with Crippen molar-refractivity contribution in [2.24, 2.45) is 5.10 Å². The number of hydrogen-bond donors (Lipinski definition) is 1. The number of hydrogen-bond acceptors (Lipinski definition) is 5. The quantitative estimate of drug-likeness (QED) is 0.280. The summed E-state index contributed by atoms with van der Waals surface area (Å²) in [5, 5.41) is 3.90. The number of ether oxygens (including phenoxy) is 2. The molecule has 0 aliphatic carbocycles. The van der Waals surface area contributed by atoms with Gasteiger partial charge in [0, 0.05) is 0 Å². The smallest absolute Gasteiger partial charge is 0.343 e. The predicted molar refractivity (Wildman–Crippen MR) is 115 cm³/mol. The van der Waals surface area contributed by atoms with Gasteiger partial charge in [-0.05, 0) is 67.9 Å². The third-order valence-electron chi connectivity index (χ3n) is 4.17. The number of amides is 1. The van der Waals surface area contributed by atoms with Crippen LogP contribution in [0.5, 0.6) is 11.5 Å². The Morgan fingerprint density at radius 3 is 2.03 bits per heavy atom. The summed E-state index contributed by atoms with van der Waals surface area (Å²) in [7, 11) is 0. The molecule has 1 N–H and O–H groups in total. The van der Waals surface area contributed by atoms with Crippen molar-refractivity contribution in [1.29, 1.82) is 0 Å². The summed E-state index contributed by atoms with van der Waals surface area (Å²) < 4.78 is 10.7. The fourth-order valence-electron chi connectivity index (χ4n) is 2.47. The van der Waals surface area contributed by atoms with E-state index in [0.29, 0.717) is 17.1 Å². The van der Waals surface area contributed by atoms with Gasteiger partial charge in [0.05, 0.1) is 11.8 Å². The molecule has 3 aromatic rings. The highest BCUT2D eigenvalue weighted by atomic mass is 16.5. The zero-order chi connectivity index (χ0) is 21.3. The maximum Gasteiger partial charge on any atom is 0.343 e. The second-order valence-electron chi connectivity index (χ2n) is 6.72. The van der Waals surface area contributed by atoms with Crippen molar-refractivity contribution in [1.82, 2.24) is 5.43 Å². The van der Waals surface area contributed by atoms with Crippen LogP contribution in [0.4, 0.5) is 0 Å². The van der Waals surface area contributed by atoms with Crippen LogP contribution in [0.1, 0.15) is 27.0 Å². The lowest BCUT2D eigenvalue weighted by molar-refractivity contribution is -0.123. The highest BCUT2D eigenvalue weighted by molar-refractivity contribution is 5.91. The van der Waals surface area contributed by atoms with Crippen LogP contribution in [0.25, 0.3) is 0 Å². The Morgan fingerprint density at radius 1 is 0.833 bits per heavy atom. The molecule has 3 aromatic carbocycles. The highest BCUT2D eigenvalue weighted by Crippen LogP contribution is 2.14. The number of nitrogens with zero attached hydrogens (tertiary/aromatic N) is 1. The Morgan fingerprint density at radius 2 is 1.40 bits per heavy atom. The first-order valence-corrected chi connectivity index (χ1v) is 9.40. The van der Waals surface area contributed by atoms with Crippen molar-refractivity contribution in [2.45, 2.75) is 13.8 Å². The fourth-order valence-corrected chi connectivity index (χ4v) is 2.47. The number of rotatable bonds is 7. The second-order valence-corrected chi connectivity index (χ2v) is 6.72. The minimum Gasteiger partial charge on any atom is -0.484 e. The van der Waals surface area contributed by atoms with Crippen molar-refractivity contribution in [3.8, 4) is 11.5 Å². The summed E-state index contributed by atoms with van der Waals surface area (Å²) >= 11 is 0. The Bertz CT molecular complexity index is 1020. The van der Waals surface area contributed by atoms with E-state index in [4.69, 9.17) is 9.47 Å². The summed E-state index contributed by atoms with van der Waals surface area (Å²) in [4.78, 5) is 23.9. The molecule has 3 rings (SSSR count). The number of benzene rings is 3. The predicted octanol–water partition coefficient (Wildman–Crippen LogP) is 4.05. The van der Waals surface area contributed by atoms with E-state index in [0.717, 1.165) is 16.7 Å². The minimum atomic E-state index is -0.419. The molecule has 1 amide bonds. The molecule has 30 heavy (non-hydrogen) atoms. The number of carbonyl (C=O) groups excluding carboxylic acids is 2. The Hall–Kier alpha value is -3.93. The molecule has 0 spiro atoms. The van der Waals surface area contributed by atoms with E-state index in [9.17, 15) is 9.59 Å². The summed E-state index contributed by atoms with van der Waals surface area (Å²) in [6, 6.07) is 21.4. The van der Waals surface area contributed by atoms with Gasteiger partial charge in [0.25, 0.3) is 5.91 Å². The van der Waals surface area contributed by atoms with E-state index in [2.05, 4.69) is 10.5 Å². The molecule has 0 radical (unpaired) electrons. The molecular formula is C24H22N2O4. The zero-order valence-corrected chi connectivity index (χ0v) is 16.8. The van der Waals surface area contributed by atoms with E-state index in [1.165, 1.54) is 6.21 Å². The number of carbonyl (C=O) groups is 2. The molecule has 0 bridgehead atoms. The molecule has 152 valence electrons. The van der Waals surface area contributed by atoms with Gasteiger partial charge in [0.1, 0.15) is 11.5 Å². The number of nitrogens with one attached hydrogen (secondary N) is 1. The second kappa shape index (κ2) is 10.0. The molecule has 0 aliphatic heterocycles. The van der Waals surface area contributed by atoms with E-state index >= 15 is 0 Å². The molecule has 0 aromatic heterocycles. The molecule has 6 heteroatoms. The lowest BCUT2D eigenvalue weighted by atomic mass is 10.1. The first-order valence-electron chi connectivity index (χ1n) is 9.40. The minimum absolute atomic E-state index is 0.131. The molecule has 0 saturated heterocycles. The average molecular weight is 402 g/mol. The molecule has 0 atom stereocenters. The first kappa shape index (κ1) is 20.8. The third-order valence-corrected chi connectivity index (χ3v) is 4.17. The Labute approximate surface area is 175 Å². The van der Waals surface area contributed by atoms with E-state index in [1.54, 1.807) is 48.5 Å². The van der Waals surface area contributed by atoms with Crippen molar-refractivity contribution in [3.05, 3.63) is 95.1 Å². The highest BCUT2D eigenvalue weighted by Gasteiger charge is 2.08. The van der Waals surface area contributed by atoms with Gasteiger partial charge >= 0.3 is 5.97 Å². The third kappa shape index (κ3) is 6.31. The van der Waals surface area contributed by atoms with Crippen LogP contribution in [0.15, 0.2) is 77.9 Å². The number of aryl methyl sites for hydroxylation is 2. The standard InChI is InChI=1S/C24H22N2O4/c1-17-3-9-20(10-4-17)24(28)30-22-13-7-19(8-14-22)15-25-26-23(27)16-29-21-11-5-18(2)6-12-21/h3-15H,16H2,1-2H3,(H,26,27)/b25-15+. The number of esters is 1. The topological polar surface area (TPSA) is 77.0 Å². The van der Waals surface area contributed by atoms with Crippen molar-refractivity contribution < 1.29 is 19.1 Å². The first-order chi connectivity index (χ1) is 14.5. The SMILES string of the molecule is Cc1ccc(OCC(=O)N/N=C/c2ccc(OC(=O)c3ccc(C)cc3)cc2)cc1. The Balaban J connectivity index is 1.45. The van der Waals surface area contributed by atoms with Gasteiger partial charge in [-0.2, -0.15) is 5.10 Å². The molecule has 0 aliphatic rings. The van der Waals surface area contributed by atoms with Gasteiger partial charge in [-0.3, -0.25) is 4.79 Å². The van der Waals surface area contributed by atoms with Gasteiger partial charge < -0.3 is 9.47 Å². The molecule has 0 heterocycles. The Kier molecular flexibility index (Phi) is 6.95. The molecule has 0 fully saturated rings. The van der Waals surface area contributed by atoms with Crippen LogP contribution in [0.2, 0.25) is 0 Å². The summed E-state index contributed by atoms with van der Waals surface area (Å²) in [5.41, 5.74) is 5.83. The maximum atomic E-state index is 12.1. The summed E-state index contributed by atoms with van der Waals surface area (Å²) in [5.74, 6) is 0.261. The number of hydrazone groups is 1. The molecule has 6 nitrogen and oxygen atoms in total. The van der Waals surface area contributed by atoms with Crippen molar-refractivity contribution in [2.75, 3.05) is 6.61 Å². The van der Waals surface area contributed by atoms with Crippen molar-refractivity contribution in [3.63, 3.8) is 0 Å². The van der Waals surface area contributed by atoms with Gasteiger partial charge in [-0.1, -0.05) is 35.4 Å². The van der Waals surface area contributed by atoms with Crippen molar-refractivity contribution >= 4 is 18.1 Å². The van der Waals surface area contributed by atoms with Crippen LogP contribution in [-0.4, -0.2) is 24.7 Å². The lowest BCUT2D eigenvalue weighted by Crippen LogP contribution is -2.24. The van der Waals surface area contributed by atoms with Gasteiger partial charge in [-0.25, -0.2) is 10.2 Å². The normalized spacial score (nSPS) is 10.6. The van der Waals surface area contributed by atoms with E-state index < -0.39 is 5.97 Å². The molecule has 0 unspecified atom stereocenters. The monoisotopic (exact) mass is 402 g/mol. The van der Waals surface area contributed by atoms with Crippen LogP contribution >= 0.6 is 0 Å². The average Bonchev–Trinajstić information content (AvgIpc) is 2.75. The van der Waals surface area contributed by atoms with E-state index in [-0.39, 0.29) is 12.5 Å². The molecule has 0 saturated carbocycles. The van der Waals surface area contributed by atoms with Crippen LogP contribution in [0.3, 0.4) is 0 Å². The maximum absolute atomic E-state index is 12.1. The zero-order valence-electron chi connectivity index (χ0n) is 16.8. The summed E-state index contributed by atoms with van der Waals surface area (Å²) in [6.45, 7) is 3.80. The summed E-state index contributed by atoms with van der Waals surface area (Å²) in [6.07, 6.45) is 1.50. The van der Waals surface area contributed by atoms with Crippen LogP contribution in [-0.2, 0) is 4.79 Å². The largest absolute Gasteiger partial charge is 0.484 e. The lowest BCUT2D eigenvalue weighted by Gasteiger charge is -2.05. The van der Waals surface area contributed by atoms with E-state index in [1.807, 2.05) is 38.1 Å². The molecular weight excluding hydrogens is 380 g/mol. The fraction of sp³-hybridized carbons (Fsp3) is 0.125. The van der Waals surface area contributed by atoms with Gasteiger partial charge in [-0.15, -0.1) is 0 Å². The van der Waals surface area contributed by atoms with Crippen LogP contribution in [0, 0.1) is 13.8 Å². The van der Waals surface area contributed by atoms with Crippen LogP contribution < -0.4 is 14.9 Å². The van der Waals surface area contributed by atoms with Gasteiger partial charge in [0.2, 0.25) is 0 Å². The van der Waals surface area contributed by atoms with Gasteiger partial charge in [0.15, 0.2) is 6.61 Å².